The van der Waals surface area contributed by atoms with E-state index in [1.165, 1.54) is 33.1 Å². The molecule has 3 heterocycles. The van der Waals surface area contributed by atoms with Crippen molar-refractivity contribution in [3.05, 3.63) is 139 Å². The Bertz CT molecular complexity index is 2170. The van der Waals surface area contributed by atoms with Gasteiger partial charge in [0.2, 0.25) is 0 Å². The van der Waals surface area contributed by atoms with Crippen LogP contribution in [0.5, 0.6) is 11.5 Å². The van der Waals surface area contributed by atoms with Gasteiger partial charge in [-0.05, 0) is 65.6 Å². The molecular weight excluding hydrogens is 540 g/mol. The Labute approximate surface area is 257 Å². The topological polar surface area (TPSA) is 36.4 Å². The molecule has 0 atom stereocenters. The van der Waals surface area contributed by atoms with E-state index in [0.717, 1.165) is 40.6 Å². The van der Waals surface area contributed by atoms with E-state index in [9.17, 15) is 0 Å². The number of anilines is 2. The summed E-state index contributed by atoms with van der Waals surface area (Å²) >= 11 is 0. The van der Waals surface area contributed by atoms with Gasteiger partial charge in [0.1, 0.15) is 11.5 Å². The molecule has 5 heteroatoms. The lowest BCUT2D eigenvalue weighted by atomic mass is 9.86. The zero-order valence-corrected chi connectivity index (χ0v) is 25.2. The third kappa shape index (κ3) is 4.49. The van der Waals surface area contributed by atoms with Crippen LogP contribution in [0.1, 0.15) is 26.3 Å². The molecule has 2 aromatic heterocycles. The summed E-state index contributed by atoms with van der Waals surface area (Å²) in [7, 11) is 0. The molecule has 5 nitrogen and oxygen atoms in total. The molecule has 0 spiro atoms. The smallest absolute Gasteiger partial charge is 0.129 e. The van der Waals surface area contributed by atoms with Crippen LogP contribution in [-0.4, -0.2) is 16.2 Å². The molecule has 1 N–H and O–H groups in total. The average Bonchev–Trinajstić information content (AvgIpc) is 3.75. The van der Waals surface area contributed by atoms with Crippen molar-refractivity contribution in [3.8, 4) is 17.2 Å². The van der Waals surface area contributed by atoms with E-state index in [4.69, 9.17) is 4.74 Å². The van der Waals surface area contributed by atoms with Gasteiger partial charge in [0, 0.05) is 52.4 Å². The summed E-state index contributed by atoms with van der Waals surface area (Å²) in [5.41, 5.74) is 9.19. The van der Waals surface area contributed by atoms with E-state index < -0.39 is 0 Å². The minimum atomic E-state index is -0.0326. The Kier molecular flexibility index (Phi) is 6.02. The van der Waals surface area contributed by atoms with Crippen LogP contribution in [0.4, 0.5) is 11.4 Å². The number of rotatable bonds is 5. The molecule has 5 aromatic carbocycles. The molecule has 216 valence electrons. The second-order valence-electron chi connectivity index (χ2n) is 12.5. The Morgan fingerprint density at radius 1 is 0.614 bits per heavy atom. The number of hydrogen-bond donors (Lipinski definition) is 1. The molecule has 0 fully saturated rings. The van der Waals surface area contributed by atoms with Crippen LogP contribution in [0.3, 0.4) is 0 Å². The van der Waals surface area contributed by atoms with Crippen molar-refractivity contribution >= 4 is 44.2 Å². The maximum Gasteiger partial charge on any atom is 0.129 e. The summed E-state index contributed by atoms with van der Waals surface area (Å²) in [5, 5.41) is 2.37. The van der Waals surface area contributed by atoms with Gasteiger partial charge in [-0.25, -0.2) is 0 Å². The standard InChI is InChI=1S/C39H34N4O/c1-39(2,3)27-22-30(42-21-20-41(26-42)28-12-6-4-7-13-28)24-32(23-27)44-31-18-19-33-35(25-31)40-37-34-16-10-11-17-36(34)43(38(33)37)29-14-8-5-9-15-29/h4-25,40H,26H2,1-3H3. The van der Waals surface area contributed by atoms with Gasteiger partial charge in [-0.2, -0.15) is 0 Å². The minimum absolute atomic E-state index is 0.0326. The van der Waals surface area contributed by atoms with E-state index >= 15 is 0 Å². The van der Waals surface area contributed by atoms with Gasteiger partial charge in [0.25, 0.3) is 0 Å². The first kappa shape index (κ1) is 26.2. The SMILES string of the molecule is CC(C)(C)c1cc(Oc2ccc3c(c2)[nH]c2c4ccccc4n(-c4ccccc4)c32)cc(N2C=CN(c3ccccc3)C2)c1. The first-order valence-electron chi connectivity index (χ1n) is 15.1. The van der Waals surface area contributed by atoms with Crippen molar-refractivity contribution in [1.82, 2.24) is 9.55 Å². The molecule has 0 bridgehead atoms. The Morgan fingerprint density at radius 3 is 2.05 bits per heavy atom. The molecular formula is C39H34N4O. The Morgan fingerprint density at radius 2 is 1.30 bits per heavy atom. The highest BCUT2D eigenvalue weighted by Crippen LogP contribution is 2.39. The van der Waals surface area contributed by atoms with Gasteiger partial charge in [-0.3, -0.25) is 0 Å². The van der Waals surface area contributed by atoms with Crippen LogP contribution in [0.2, 0.25) is 0 Å². The van der Waals surface area contributed by atoms with Gasteiger partial charge < -0.3 is 24.1 Å². The van der Waals surface area contributed by atoms with Crippen molar-refractivity contribution in [2.24, 2.45) is 0 Å². The first-order chi connectivity index (χ1) is 21.4. The lowest BCUT2D eigenvalue weighted by Crippen LogP contribution is -2.25. The molecule has 7 aromatic rings. The number of hydrogen-bond acceptors (Lipinski definition) is 3. The molecule has 1 aliphatic heterocycles. The molecule has 0 amide bonds. The highest BCUT2D eigenvalue weighted by Gasteiger charge is 2.22. The summed E-state index contributed by atoms with van der Waals surface area (Å²) in [5.74, 6) is 1.63. The maximum atomic E-state index is 6.62. The molecule has 8 rings (SSSR count). The third-order valence-corrected chi connectivity index (χ3v) is 8.54. The van der Waals surface area contributed by atoms with E-state index in [-0.39, 0.29) is 5.41 Å². The number of para-hydroxylation sites is 3. The number of H-pyrrole nitrogens is 1. The monoisotopic (exact) mass is 574 g/mol. The van der Waals surface area contributed by atoms with E-state index in [1.54, 1.807) is 0 Å². The van der Waals surface area contributed by atoms with Gasteiger partial charge >= 0.3 is 0 Å². The van der Waals surface area contributed by atoms with Gasteiger partial charge in [0.15, 0.2) is 0 Å². The summed E-state index contributed by atoms with van der Waals surface area (Å²) in [4.78, 5) is 8.24. The molecule has 0 radical (unpaired) electrons. The normalized spacial score (nSPS) is 13.5. The minimum Gasteiger partial charge on any atom is -0.457 e. The second kappa shape index (κ2) is 10.1. The van der Waals surface area contributed by atoms with Crippen molar-refractivity contribution in [2.75, 3.05) is 16.5 Å². The van der Waals surface area contributed by atoms with Crippen LogP contribution >= 0.6 is 0 Å². The van der Waals surface area contributed by atoms with Crippen LogP contribution in [0.15, 0.2) is 134 Å². The number of benzene rings is 5. The molecule has 0 saturated heterocycles. The highest BCUT2D eigenvalue weighted by atomic mass is 16.5. The lowest BCUT2D eigenvalue weighted by molar-refractivity contribution is 0.479. The summed E-state index contributed by atoms with van der Waals surface area (Å²) < 4.78 is 8.97. The zero-order chi connectivity index (χ0) is 29.8. The predicted molar refractivity (Wildman–Crippen MR) is 183 cm³/mol. The van der Waals surface area contributed by atoms with Crippen LogP contribution < -0.4 is 14.5 Å². The third-order valence-electron chi connectivity index (χ3n) is 8.54. The number of nitrogens with one attached hydrogen (secondary N) is 1. The highest BCUT2D eigenvalue weighted by molar-refractivity contribution is 6.18. The molecule has 0 unspecified atom stereocenters. The fourth-order valence-electron chi connectivity index (χ4n) is 6.25. The van der Waals surface area contributed by atoms with E-state index in [2.05, 4.69) is 168 Å². The maximum absolute atomic E-state index is 6.62. The lowest BCUT2D eigenvalue weighted by Gasteiger charge is -2.25. The molecule has 44 heavy (non-hydrogen) atoms. The molecule has 1 aliphatic rings. The largest absolute Gasteiger partial charge is 0.457 e. The number of fused-ring (bicyclic) bond motifs is 5. The number of nitrogens with zero attached hydrogens (tertiary/aromatic N) is 3. The van der Waals surface area contributed by atoms with Gasteiger partial charge in [0.05, 0.1) is 28.7 Å². The van der Waals surface area contributed by atoms with E-state index in [0.29, 0.717) is 0 Å². The fourth-order valence-corrected chi connectivity index (χ4v) is 6.25. The summed E-state index contributed by atoms with van der Waals surface area (Å²) in [6.07, 6.45) is 4.27. The van der Waals surface area contributed by atoms with Crippen LogP contribution in [0.25, 0.3) is 38.5 Å². The predicted octanol–water partition coefficient (Wildman–Crippen LogP) is 10.1. The van der Waals surface area contributed by atoms with Crippen LogP contribution in [0, 0.1) is 0 Å². The fraction of sp³-hybridized carbons (Fsp3) is 0.128. The van der Waals surface area contributed by atoms with Gasteiger partial charge in [-0.1, -0.05) is 75.4 Å². The summed E-state index contributed by atoms with van der Waals surface area (Å²) in [6, 6.07) is 42.6. The second-order valence-corrected chi connectivity index (χ2v) is 12.5. The van der Waals surface area contributed by atoms with Crippen molar-refractivity contribution in [3.63, 3.8) is 0 Å². The summed E-state index contributed by atoms with van der Waals surface area (Å²) in [6.45, 7) is 7.48. The van der Waals surface area contributed by atoms with Crippen LogP contribution in [-0.2, 0) is 5.41 Å². The molecule has 0 saturated carbocycles. The molecule has 0 aliphatic carbocycles. The Hall–Kier alpha value is -5.42. The van der Waals surface area contributed by atoms with Crippen molar-refractivity contribution in [1.29, 1.82) is 0 Å². The number of aromatic amines is 1. The zero-order valence-electron chi connectivity index (χ0n) is 25.2. The van der Waals surface area contributed by atoms with Gasteiger partial charge in [-0.15, -0.1) is 0 Å². The number of ether oxygens (including phenoxy) is 1. The van der Waals surface area contributed by atoms with Crippen molar-refractivity contribution < 1.29 is 4.74 Å². The average molecular weight is 575 g/mol. The van der Waals surface area contributed by atoms with E-state index in [1.807, 2.05) is 6.07 Å². The first-order valence-corrected chi connectivity index (χ1v) is 15.1. The quantitative estimate of drug-likeness (QED) is 0.222. The number of aromatic nitrogens is 2. The van der Waals surface area contributed by atoms with Crippen molar-refractivity contribution in [2.45, 2.75) is 26.2 Å². The Balaban J connectivity index is 1.17.